The normalized spacial score (nSPS) is 12.3. The highest BCUT2D eigenvalue weighted by atomic mass is 16.5. The van der Waals surface area contributed by atoms with Gasteiger partial charge in [-0.2, -0.15) is 0 Å². The third kappa shape index (κ3) is 4.63. The number of hydrogen-bond acceptors (Lipinski definition) is 3. The molecule has 1 amide bonds. The Bertz CT molecular complexity index is 531. The Morgan fingerprint density at radius 1 is 1.38 bits per heavy atom. The molecule has 1 atom stereocenters. The zero-order valence-corrected chi connectivity index (χ0v) is 12.6. The average Bonchev–Trinajstić information content (AvgIpc) is 2.40. The molecule has 5 heteroatoms. The molecule has 2 N–H and O–H groups in total. The molecule has 0 aliphatic heterocycles. The van der Waals surface area contributed by atoms with Crippen LogP contribution in [0.15, 0.2) is 36.9 Å². The number of aliphatic carboxylic acids is 1. The third-order valence-electron chi connectivity index (χ3n) is 2.88. The fourth-order valence-corrected chi connectivity index (χ4v) is 1.79. The number of hydrogen-bond donors (Lipinski definition) is 2. The summed E-state index contributed by atoms with van der Waals surface area (Å²) in [6.07, 6.45) is 1.57. The second kappa shape index (κ2) is 6.92. The molecule has 1 aromatic carbocycles. The molecule has 0 bridgehead atoms. The van der Waals surface area contributed by atoms with Crippen LogP contribution in [0.25, 0.3) is 0 Å². The van der Waals surface area contributed by atoms with Gasteiger partial charge in [0, 0.05) is 0 Å². The van der Waals surface area contributed by atoms with Crippen LogP contribution in [-0.4, -0.2) is 29.6 Å². The summed E-state index contributed by atoms with van der Waals surface area (Å²) in [5.41, 5.74) is -0.298. The van der Waals surface area contributed by atoms with Gasteiger partial charge < -0.3 is 15.2 Å². The molecule has 0 aliphatic carbocycles. The molecule has 0 heterocycles. The molecule has 0 saturated carbocycles. The number of carboxylic acids is 1. The molecule has 1 unspecified atom stereocenters. The number of carbonyl (C=O) groups excluding carboxylic acids is 1. The molecule has 0 spiro atoms. The van der Waals surface area contributed by atoms with Crippen LogP contribution in [0.3, 0.4) is 0 Å². The molecule has 5 nitrogen and oxygen atoms in total. The molecule has 0 fully saturated rings. The lowest BCUT2D eigenvalue weighted by Crippen LogP contribution is -2.49. The topological polar surface area (TPSA) is 75.6 Å². The number of carbonyl (C=O) groups is 2. The summed E-state index contributed by atoms with van der Waals surface area (Å²) >= 11 is 0. The molecule has 0 radical (unpaired) electrons. The maximum Gasteiger partial charge on any atom is 0.326 e. The summed E-state index contributed by atoms with van der Waals surface area (Å²) < 4.78 is 5.41. The highest BCUT2D eigenvalue weighted by Crippen LogP contribution is 2.22. The number of ether oxygens (including phenoxy) is 1. The van der Waals surface area contributed by atoms with Crippen LogP contribution in [-0.2, 0) is 4.79 Å². The molecule has 0 aromatic heterocycles. The van der Waals surface area contributed by atoms with Gasteiger partial charge in [0.2, 0.25) is 0 Å². The molecule has 21 heavy (non-hydrogen) atoms. The first kappa shape index (κ1) is 16.8. The second-order valence-corrected chi connectivity index (χ2v) is 5.71. The van der Waals surface area contributed by atoms with Crippen molar-refractivity contribution in [3.63, 3.8) is 0 Å². The molecule has 114 valence electrons. The van der Waals surface area contributed by atoms with E-state index < -0.39 is 23.3 Å². The van der Waals surface area contributed by atoms with E-state index in [2.05, 4.69) is 11.9 Å². The predicted molar refractivity (Wildman–Crippen MR) is 80.5 cm³/mol. The van der Waals surface area contributed by atoms with E-state index >= 15 is 0 Å². The van der Waals surface area contributed by atoms with Gasteiger partial charge >= 0.3 is 5.97 Å². The Labute approximate surface area is 124 Å². The summed E-state index contributed by atoms with van der Waals surface area (Å²) in [6.45, 7) is 9.09. The first-order valence-corrected chi connectivity index (χ1v) is 6.63. The monoisotopic (exact) mass is 291 g/mol. The summed E-state index contributed by atoms with van der Waals surface area (Å²) in [5.74, 6) is -1.15. The number of carboxylic acid groups (broad SMARTS) is 1. The molecule has 0 saturated heterocycles. The fraction of sp³-hybridized carbons (Fsp3) is 0.375. The lowest BCUT2D eigenvalue weighted by atomic mass is 9.86. The number of nitrogens with one attached hydrogen (secondary N) is 1. The largest absolute Gasteiger partial charge is 0.489 e. The Hall–Kier alpha value is -2.30. The van der Waals surface area contributed by atoms with Crippen LogP contribution in [0, 0.1) is 5.41 Å². The molecule has 0 aliphatic rings. The molecular formula is C16H21NO4. The van der Waals surface area contributed by atoms with Gasteiger partial charge in [0.1, 0.15) is 18.4 Å². The lowest BCUT2D eigenvalue weighted by molar-refractivity contribution is -0.142. The molecule has 1 rings (SSSR count). The van der Waals surface area contributed by atoms with E-state index in [0.29, 0.717) is 11.3 Å². The lowest BCUT2D eigenvalue weighted by Gasteiger charge is -2.28. The zero-order chi connectivity index (χ0) is 16.0. The van der Waals surface area contributed by atoms with Crippen molar-refractivity contribution < 1.29 is 19.4 Å². The second-order valence-electron chi connectivity index (χ2n) is 5.71. The summed E-state index contributed by atoms with van der Waals surface area (Å²) in [5, 5.41) is 11.8. The SMILES string of the molecule is C=CCOc1ccccc1C(=O)NC(C(=O)O)C(C)(C)C. The van der Waals surface area contributed by atoms with Crippen molar-refractivity contribution in [1.29, 1.82) is 0 Å². The minimum absolute atomic E-state index is 0.270. The quantitative estimate of drug-likeness (QED) is 0.790. The van der Waals surface area contributed by atoms with Gasteiger partial charge in [-0.1, -0.05) is 45.6 Å². The van der Waals surface area contributed by atoms with Gasteiger partial charge in [-0.15, -0.1) is 0 Å². The van der Waals surface area contributed by atoms with Crippen molar-refractivity contribution in [3.8, 4) is 5.75 Å². The average molecular weight is 291 g/mol. The van der Waals surface area contributed by atoms with Gasteiger partial charge in [-0.05, 0) is 17.5 Å². The summed E-state index contributed by atoms with van der Waals surface area (Å²) in [6, 6.07) is 5.70. The third-order valence-corrected chi connectivity index (χ3v) is 2.88. The van der Waals surface area contributed by atoms with Gasteiger partial charge in [0.15, 0.2) is 0 Å². The van der Waals surface area contributed by atoms with Crippen molar-refractivity contribution in [2.45, 2.75) is 26.8 Å². The van der Waals surface area contributed by atoms with Crippen molar-refractivity contribution in [2.75, 3.05) is 6.61 Å². The number of rotatable bonds is 6. The highest BCUT2D eigenvalue weighted by molar-refractivity contribution is 5.99. The van der Waals surface area contributed by atoms with Crippen molar-refractivity contribution in [2.24, 2.45) is 5.41 Å². The Morgan fingerprint density at radius 3 is 2.52 bits per heavy atom. The summed E-state index contributed by atoms with van der Waals surface area (Å²) in [7, 11) is 0. The minimum Gasteiger partial charge on any atom is -0.489 e. The van der Waals surface area contributed by atoms with E-state index in [1.165, 1.54) is 0 Å². The van der Waals surface area contributed by atoms with Crippen LogP contribution in [0.2, 0.25) is 0 Å². The predicted octanol–water partition coefficient (Wildman–Crippen LogP) is 2.48. The Morgan fingerprint density at radius 2 is 2.00 bits per heavy atom. The van der Waals surface area contributed by atoms with Crippen molar-refractivity contribution in [1.82, 2.24) is 5.32 Å². The standard InChI is InChI=1S/C16H21NO4/c1-5-10-21-12-9-7-6-8-11(12)14(18)17-13(15(19)20)16(2,3)4/h5-9,13H,1,10H2,2-4H3,(H,17,18)(H,19,20). The van der Waals surface area contributed by atoms with E-state index in [4.69, 9.17) is 4.74 Å². The maximum absolute atomic E-state index is 12.3. The minimum atomic E-state index is -1.07. The fourth-order valence-electron chi connectivity index (χ4n) is 1.79. The van der Waals surface area contributed by atoms with Crippen molar-refractivity contribution in [3.05, 3.63) is 42.5 Å². The Balaban J connectivity index is 2.98. The first-order valence-electron chi connectivity index (χ1n) is 6.63. The highest BCUT2D eigenvalue weighted by Gasteiger charge is 2.33. The van der Waals surface area contributed by atoms with Crippen LogP contribution in [0.1, 0.15) is 31.1 Å². The van der Waals surface area contributed by atoms with E-state index in [-0.39, 0.29) is 6.61 Å². The number of para-hydroxylation sites is 1. The van der Waals surface area contributed by atoms with Crippen LogP contribution in [0.4, 0.5) is 0 Å². The van der Waals surface area contributed by atoms with Gasteiger partial charge in [0.05, 0.1) is 5.56 Å². The van der Waals surface area contributed by atoms with Crippen LogP contribution in [0.5, 0.6) is 5.75 Å². The van der Waals surface area contributed by atoms with E-state index in [9.17, 15) is 14.7 Å². The van der Waals surface area contributed by atoms with Gasteiger partial charge in [-0.3, -0.25) is 4.79 Å². The summed E-state index contributed by atoms with van der Waals surface area (Å²) in [4.78, 5) is 23.6. The van der Waals surface area contributed by atoms with Crippen LogP contribution < -0.4 is 10.1 Å². The van der Waals surface area contributed by atoms with Crippen LogP contribution >= 0.6 is 0 Å². The molecule has 1 aromatic rings. The van der Waals surface area contributed by atoms with Crippen molar-refractivity contribution >= 4 is 11.9 Å². The van der Waals surface area contributed by atoms with E-state index in [0.717, 1.165) is 0 Å². The first-order chi connectivity index (χ1) is 9.77. The smallest absolute Gasteiger partial charge is 0.326 e. The van der Waals surface area contributed by atoms with Gasteiger partial charge in [-0.25, -0.2) is 4.79 Å². The molecular weight excluding hydrogens is 270 g/mol. The number of amides is 1. The van der Waals surface area contributed by atoms with Gasteiger partial charge in [0.25, 0.3) is 5.91 Å². The maximum atomic E-state index is 12.3. The Kier molecular flexibility index (Phi) is 5.52. The van der Waals surface area contributed by atoms with E-state index in [1.807, 2.05) is 0 Å². The number of benzene rings is 1. The van der Waals surface area contributed by atoms with E-state index in [1.54, 1.807) is 51.1 Å². The zero-order valence-electron chi connectivity index (χ0n) is 12.6.